The van der Waals surface area contributed by atoms with E-state index >= 15 is 0 Å². The van der Waals surface area contributed by atoms with Crippen molar-refractivity contribution in [2.45, 2.75) is 59.4 Å². The van der Waals surface area contributed by atoms with Gasteiger partial charge in [-0.3, -0.25) is 10.1 Å². The van der Waals surface area contributed by atoms with Gasteiger partial charge < -0.3 is 5.32 Å². The van der Waals surface area contributed by atoms with Crippen molar-refractivity contribution in [3.05, 3.63) is 33.4 Å². The normalized spacial score (nSPS) is 12.2. The Morgan fingerprint density at radius 3 is 2.42 bits per heavy atom. The molecule has 1 N–H and O–H groups in total. The minimum Gasteiger partial charge on any atom is -0.377 e. The summed E-state index contributed by atoms with van der Waals surface area (Å²) in [6, 6.07) is 3.85. The molecule has 1 aromatic rings. The monoisotopic (exact) mass is 264 g/mol. The molecule has 0 bridgehead atoms. The standard InChI is InChI=1S/C15H24N2O2/c1-5-7-8-13(6-2)16-14-9-11(3)12(4)10-15(14)17(18)19/h9-10,13,16H,5-8H2,1-4H3. The molecule has 1 unspecified atom stereocenters. The molecule has 1 atom stereocenters. The molecule has 0 aromatic heterocycles. The first-order valence-electron chi connectivity index (χ1n) is 7.01. The van der Waals surface area contributed by atoms with Gasteiger partial charge in [0.1, 0.15) is 5.69 Å². The van der Waals surface area contributed by atoms with Crippen LogP contribution < -0.4 is 5.32 Å². The Morgan fingerprint density at radius 2 is 1.89 bits per heavy atom. The lowest BCUT2D eigenvalue weighted by Crippen LogP contribution is -2.19. The molecule has 0 radical (unpaired) electrons. The largest absolute Gasteiger partial charge is 0.377 e. The van der Waals surface area contributed by atoms with E-state index in [-0.39, 0.29) is 10.6 Å². The van der Waals surface area contributed by atoms with E-state index in [2.05, 4.69) is 19.2 Å². The Hall–Kier alpha value is -1.58. The molecule has 0 aliphatic carbocycles. The van der Waals surface area contributed by atoms with Crippen molar-refractivity contribution in [3.8, 4) is 0 Å². The summed E-state index contributed by atoms with van der Waals surface area (Å²) in [5, 5.41) is 14.5. The number of anilines is 1. The van der Waals surface area contributed by atoms with Crippen molar-refractivity contribution in [1.29, 1.82) is 0 Å². The lowest BCUT2D eigenvalue weighted by molar-refractivity contribution is -0.384. The van der Waals surface area contributed by atoms with Crippen molar-refractivity contribution in [3.63, 3.8) is 0 Å². The van der Waals surface area contributed by atoms with Crippen molar-refractivity contribution < 1.29 is 4.92 Å². The number of nitro benzene ring substituents is 1. The average molecular weight is 264 g/mol. The first-order chi connectivity index (χ1) is 8.99. The lowest BCUT2D eigenvalue weighted by Gasteiger charge is -2.18. The van der Waals surface area contributed by atoms with Crippen LogP contribution >= 0.6 is 0 Å². The van der Waals surface area contributed by atoms with Crippen LogP contribution in [-0.4, -0.2) is 11.0 Å². The molecule has 106 valence electrons. The summed E-state index contributed by atoms with van der Waals surface area (Å²) in [6.45, 7) is 8.16. The van der Waals surface area contributed by atoms with Gasteiger partial charge in [0.25, 0.3) is 5.69 Å². The summed E-state index contributed by atoms with van der Waals surface area (Å²) in [4.78, 5) is 10.8. The minimum absolute atomic E-state index is 0.179. The number of benzene rings is 1. The molecule has 0 amide bonds. The highest BCUT2D eigenvalue weighted by Gasteiger charge is 2.17. The third kappa shape index (κ3) is 4.23. The highest BCUT2D eigenvalue weighted by atomic mass is 16.6. The predicted molar refractivity (Wildman–Crippen MR) is 79.8 cm³/mol. The van der Waals surface area contributed by atoms with E-state index in [1.165, 1.54) is 0 Å². The van der Waals surface area contributed by atoms with Crippen LogP contribution in [0.1, 0.15) is 50.7 Å². The summed E-state index contributed by atoms with van der Waals surface area (Å²) < 4.78 is 0. The van der Waals surface area contributed by atoms with Gasteiger partial charge in [-0.1, -0.05) is 26.7 Å². The number of hydrogen-bond acceptors (Lipinski definition) is 3. The van der Waals surface area contributed by atoms with Crippen molar-refractivity contribution in [1.82, 2.24) is 0 Å². The maximum atomic E-state index is 11.1. The van der Waals surface area contributed by atoms with Gasteiger partial charge in [-0.15, -0.1) is 0 Å². The van der Waals surface area contributed by atoms with Gasteiger partial charge in [0.05, 0.1) is 4.92 Å². The highest BCUT2D eigenvalue weighted by molar-refractivity contribution is 5.64. The quantitative estimate of drug-likeness (QED) is 0.578. The first kappa shape index (κ1) is 15.5. The van der Waals surface area contributed by atoms with Crippen LogP contribution in [0.2, 0.25) is 0 Å². The van der Waals surface area contributed by atoms with Gasteiger partial charge in [-0.2, -0.15) is 0 Å². The highest BCUT2D eigenvalue weighted by Crippen LogP contribution is 2.29. The van der Waals surface area contributed by atoms with Gasteiger partial charge in [0, 0.05) is 12.1 Å². The number of hydrogen-bond donors (Lipinski definition) is 1. The van der Waals surface area contributed by atoms with Crippen molar-refractivity contribution in [2.24, 2.45) is 0 Å². The van der Waals surface area contributed by atoms with Crippen LogP contribution in [0.15, 0.2) is 12.1 Å². The smallest absolute Gasteiger partial charge is 0.292 e. The summed E-state index contributed by atoms with van der Waals surface area (Å²) in [6.07, 6.45) is 4.32. The van der Waals surface area contributed by atoms with Crippen molar-refractivity contribution >= 4 is 11.4 Å². The number of nitro groups is 1. The van der Waals surface area contributed by atoms with E-state index in [1.807, 2.05) is 19.9 Å². The maximum Gasteiger partial charge on any atom is 0.292 e. The Labute approximate surface area is 115 Å². The predicted octanol–water partition coefficient (Wildman–Crippen LogP) is 4.59. The molecule has 0 heterocycles. The van der Waals surface area contributed by atoms with E-state index < -0.39 is 0 Å². The number of aryl methyl sites for hydroxylation is 2. The molecule has 0 saturated heterocycles. The van der Waals surface area contributed by atoms with Gasteiger partial charge >= 0.3 is 0 Å². The van der Waals surface area contributed by atoms with E-state index in [4.69, 9.17) is 0 Å². The minimum atomic E-state index is -0.304. The molecule has 0 fully saturated rings. The lowest BCUT2D eigenvalue weighted by atomic mass is 10.0. The fourth-order valence-electron chi connectivity index (χ4n) is 2.12. The Balaban J connectivity index is 2.97. The fraction of sp³-hybridized carbons (Fsp3) is 0.600. The van der Waals surface area contributed by atoms with E-state index in [1.54, 1.807) is 6.07 Å². The van der Waals surface area contributed by atoms with Gasteiger partial charge in [-0.05, 0) is 43.9 Å². The second-order valence-electron chi connectivity index (χ2n) is 5.10. The van der Waals surface area contributed by atoms with Crippen LogP contribution in [0.5, 0.6) is 0 Å². The zero-order valence-corrected chi connectivity index (χ0v) is 12.3. The van der Waals surface area contributed by atoms with Crippen LogP contribution in [-0.2, 0) is 0 Å². The molecule has 0 spiro atoms. The molecule has 0 saturated carbocycles. The molecular formula is C15H24N2O2. The second-order valence-corrected chi connectivity index (χ2v) is 5.10. The first-order valence-corrected chi connectivity index (χ1v) is 7.01. The second kappa shape index (κ2) is 7.12. The third-order valence-corrected chi connectivity index (χ3v) is 3.57. The maximum absolute atomic E-state index is 11.1. The van der Waals surface area contributed by atoms with E-state index in [0.29, 0.717) is 11.7 Å². The molecule has 0 aliphatic rings. The van der Waals surface area contributed by atoms with Crippen molar-refractivity contribution in [2.75, 3.05) is 5.32 Å². The Kier molecular flexibility index (Phi) is 5.80. The molecule has 1 aromatic carbocycles. The number of nitrogens with one attached hydrogen (secondary N) is 1. The third-order valence-electron chi connectivity index (χ3n) is 3.57. The number of nitrogens with zero attached hydrogens (tertiary/aromatic N) is 1. The number of unbranched alkanes of at least 4 members (excludes halogenated alkanes) is 1. The molecular weight excluding hydrogens is 240 g/mol. The van der Waals surface area contributed by atoms with Crippen LogP contribution in [0.4, 0.5) is 11.4 Å². The summed E-state index contributed by atoms with van der Waals surface area (Å²) in [5.41, 5.74) is 2.87. The van der Waals surface area contributed by atoms with Crippen LogP contribution in [0.3, 0.4) is 0 Å². The summed E-state index contributed by atoms with van der Waals surface area (Å²) >= 11 is 0. The zero-order valence-electron chi connectivity index (χ0n) is 12.3. The van der Waals surface area contributed by atoms with Crippen LogP contribution in [0, 0.1) is 24.0 Å². The topological polar surface area (TPSA) is 55.2 Å². The molecule has 4 heteroatoms. The molecule has 4 nitrogen and oxygen atoms in total. The molecule has 1 rings (SSSR count). The Bertz CT molecular complexity index is 444. The Morgan fingerprint density at radius 1 is 1.26 bits per heavy atom. The average Bonchev–Trinajstić information content (AvgIpc) is 2.37. The fourth-order valence-corrected chi connectivity index (χ4v) is 2.12. The van der Waals surface area contributed by atoms with E-state index in [9.17, 15) is 10.1 Å². The van der Waals surface area contributed by atoms with Gasteiger partial charge in [-0.25, -0.2) is 0 Å². The van der Waals surface area contributed by atoms with Gasteiger partial charge in [0.15, 0.2) is 0 Å². The number of rotatable bonds is 7. The molecule has 0 aliphatic heterocycles. The summed E-state index contributed by atoms with van der Waals surface area (Å²) in [7, 11) is 0. The molecule has 19 heavy (non-hydrogen) atoms. The van der Waals surface area contributed by atoms with E-state index in [0.717, 1.165) is 36.8 Å². The SMILES string of the molecule is CCCCC(CC)Nc1cc(C)c(C)cc1[N+](=O)[O-]. The van der Waals surface area contributed by atoms with Gasteiger partial charge in [0.2, 0.25) is 0 Å². The summed E-state index contributed by atoms with van der Waals surface area (Å²) in [5.74, 6) is 0. The zero-order chi connectivity index (χ0) is 14.4. The van der Waals surface area contributed by atoms with Crippen LogP contribution in [0.25, 0.3) is 0 Å².